The van der Waals surface area contributed by atoms with Crippen molar-refractivity contribution in [1.29, 1.82) is 0 Å². The average Bonchev–Trinajstić information content (AvgIpc) is 3.04. The van der Waals surface area contributed by atoms with E-state index in [-0.39, 0.29) is 45.2 Å². The van der Waals surface area contributed by atoms with Crippen molar-refractivity contribution < 1.29 is 32.7 Å². The molecule has 1 atom stereocenters. The predicted octanol–water partition coefficient (Wildman–Crippen LogP) is 1.96. The van der Waals surface area contributed by atoms with Crippen molar-refractivity contribution in [2.45, 2.75) is 17.5 Å². The molecule has 0 saturated heterocycles. The number of halogens is 2. The van der Waals surface area contributed by atoms with E-state index in [9.17, 15) is 13.0 Å². The minimum Gasteiger partial charge on any atom is -0.870 e. The first-order valence-corrected chi connectivity index (χ1v) is 8.67. The van der Waals surface area contributed by atoms with E-state index in [4.69, 9.17) is 9.47 Å². The fourth-order valence-electron chi connectivity index (χ4n) is 2.34. The number of aromatic nitrogens is 3. The number of benzene rings is 1. The Morgan fingerprint density at radius 1 is 1.21 bits per heavy atom. The molecule has 0 aliphatic carbocycles. The zero-order chi connectivity index (χ0) is 18.7. The maximum absolute atomic E-state index is 12.6. The van der Waals surface area contributed by atoms with E-state index < -0.39 is 17.4 Å². The second kappa shape index (κ2) is 10.5. The van der Waals surface area contributed by atoms with Crippen molar-refractivity contribution in [2.24, 2.45) is 0 Å². The monoisotopic (exact) mass is 423 g/mol. The van der Waals surface area contributed by atoms with Gasteiger partial charge in [-0.2, -0.15) is 8.78 Å². The third-order valence-electron chi connectivity index (χ3n) is 3.44. The molecule has 1 N–H and O–H groups in total. The first kappa shape index (κ1) is 24.0. The maximum Gasteiger partial charge on any atom is 2.00 e. The molecular weight excluding hydrogens is 409 g/mol. The molecule has 0 spiro atoms. The van der Waals surface area contributed by atoms with Gasteiger partial charge in [-0.1, -0.05) is 6.07 Å². The van der Waals surface area contributed by atoms with Gasteiger partial charge in [-0.05, 0) is 23.2 Å². The summed E-state index contributed by atoms with van der Waals surface area (Å²) in [6.45, 7) is -2.93. The fourth-order valence-corrected chi connectivity index (χ4v) is 3.32. The van der Waals surface area contributed by atoms with Crippen LogP contribution in [0.5, 0.6) is 17.2 Å². The van der Waals surface area contributed by atoms with Crippen molar-refractivity contribution in [1.82, 2.24) is 15.0 Å². The number of methoxy groups -OCH3 is 2. The van der Waals surface area contributed by atoms with Gasteiger partial charge in [0, 0.05) is 17.4 Å². The third-order valence-corrected chi connectivity index (χ3v) is 4.57. The first-order valence-electron chi connectivity index (χ1n) is 7.35. The van der Waals surface area contributed by atoms with E-state index in [1.54, 1.807) is 6.07 Å². The second-order valence-corrected chi connectivity index (χ2v) is 6.36. The molecule has 2 aromatic heterocycles. The smallest absolute Gasteiger partial charge is 0.870 e. The summed E-state index contributed by atoms with van der Waals surface area (Å²) < 4.78 is 52.0. The molecule has 1 aromatic carbocycles. The van der Waals surface area contributed by atoms with Crippen LogP contribution >= 0.6 is 0 Å². The standard InChI is InChI=1S/C16H14F2N3O4S.Mg.H2O/c1-23-13-5-6-19-12(14(13)24-2)8-26(22)16-20-10-4-3-9(25-15(17)18)7-11(10)21-16;;/h3-7,15H,8H2,1-2H3;;1H2/q-1;+2;/p-1. The van der Waals surface area contributed by atoms with Gasteiger partial charge in [0.25, 0.3) is 0 Å². The van der Waals surface area contributed by atoms with E-state index in [0.717, 1.165) is 0 Å². The van der Waals surface area contributed by atoms with Gasteiger partial charge in [0.2, 0.25) is 0 Å². The van der Waals surface area contributed by atoms with Gasteiger partial charge >= 0.3 is 29.7 Å². The van der Waals surface area contributed by atoms with Crippen molar-refractivity contribution >= 4 is 44.9 Å². The molecule has 0 radical (unpaired) electrons. The molecule has 3 aromatic rings. The molecule has 146 valence electrons. The van der Waals surface area contributed by atoms with Crippen LogP contribution in [0.2, 0.25) is 0 Å². The minimum atomic E-state index is -2.93. The number of fused-ring (bicyclic) bond motifs is 1. The van der Waals surface area contributed by atoms with Crippen molar-refractivity contribution in [3.63, 3.8) is 0 Å². The number of alkyl halides is 2. The Morgan fingerprint density at radius 2 is 1.96 bits per heavy atom. The molecule has 12 heteroatoms. The summed E-state index contributed by atoms with van der Waals surface area (Å²) in [4.78, 5) is 12.5. The quantitative estimate of drug-likeness (QED) is 0.530. The summed E-state index contributed by atoms with van der Waals surface area (Å²) in [6, 6.07) is 5.77. The molecule has 1 unspecified atom stereocenters. The van der Waals surface area contributed by atoms with Gasteiger partial charge in [-0.25, -0.2) is 0 Å². The number of hydrogen-bond acceptors (Lipinski definition) is 7. The van der Waals surface area contributed by atoms with Gasteiger partial charge in [0.1, 0.15) is 5.75 Å². The van der Waals surface area contributed by atoms with Crippen LogP contribution in [-0.4, -0.2) is 63.5 Å². The Kier molecular flexibility index (Phi) is 9.01. The molecule has 8 nitrogen and oxygen atoms in total. The number of pyridine rings is 1. The van der Waals surface area contributed by atoms with E-state index in [0.29, 0.717) is 28.2 Å². The first-order chi connectivity index (χ1) is 12.5. The van der Waals surface area contributed by atoms with E-state index >= 15 is 0 Å². The average molecular weight is 424 g/mol. The van der Waals surface area contributed by atoms with Gasteiger partial charge in [0.05, 0.1) is 36.5 Å². The number of hydrogen-bond donors (Lipinski definition) is 0. The number of rotatable bonds is 7. The zero-order valence-electron chi connectivity index (χ0n) is 15.0. The van der Waals surface area contributed by atoms with Crippen LogP contribution in [-0.2, 0) is 16.6 Å². The molecule has 0 amide bonds. The topological polar surface area (TPSA) is 115 Å². The molecule has 0 bridgehead atoms. The SMILES string of the molecule is COc1ccnc(CS(=O)c2nc3cc(OC(F)F)ccc3[n-]2)c1OC.[Mg+2].[OH-]. The second-order valence-electron chi connectivity index (χ2n) is 5.02. The van der Waals surface area contributed by atoms with Crippen LogP contribution < -0.4 is 19.2 Å². The van der Waals surface area contributed by atoms with E-state index in [1.165, 1.54) is 38.6 Å². The largest absolute Gasteiger partial charge is 2.00 e. The Morgan fingerprint density at radius 3 is 2.61 bits per heavy atom. The number of imidazole rings is 1. The maximum atomic E-state index is 12.6. The predicted molar refractivity (Wildman–Crippen MR) is 96.8 cm³/mol. The van der Waals surface area contributed by atoms with Gasteiger partial charge in [-0.15, -0.1) is 0 Å². The molecule has 2 heterocycles. The van der Waals surface area contributed by atoms with Gasteiger partial charge < -0.3 is 29.7 Å². The van der Waals surface area contributed by atoms with Crippen molar-refractivity contribution in [3.05, 3.63) is 36.2 Å². The summed E-state index contributed by atoms with van der Waals surface area (Å²) in [6.07, 6.45) is 1.52. The Balaban J connectivity index is 0.00000196. The normalized spacial score (nSPS) is 11.5. The fraction of sp³-hybridized carbons (Fsp3) is 0.250. The van der Waals surface area contributed by atoms with Crippen molar-refractivity contribution in [2.75, 3.05) is 14.2 Å². The van der Waals surface area contributed by atoms with Crippen LogP contribution in [0.1, 0.15) is 5.69 Å². The number of ether oxygens (including phenoxy) is 3. The molecule has 0 saturated carbocycles. The molecule has 0 fully saturated rings. The van der Waals surface area contributed by atoms with Crippen LogP contribution in [0.4, 0.5) is 8.78 Å². The molecule has 0 aliphatic rings. The Hall–Kier alpha value is -2.02. The minimum absolute atomic E-state index is 0. The zero-order valence-corrected chi connectivity index (χ0v) is 17.2. The number of nitrogens with zero attached hydrogens (tertiary/aromatic N) is 3. The summed E-state index contributed by atoms with van der Waals surface area (Å²) >= 11 is 0. The van der Waals surface area contributed by atoms with Crippen LogP contribution in [0.15, 0.2) is 35.6 Å². The van der Waals surface area contributed by atoms with E-state index in [1.807, 2.05) is 0 Å². The molecular formula is C16H15F2MgN3O5S. The van der Waals surface area contributed by atoms with Crippen LogP contribution in [0, 0.1) is 0 Å². The summed E-state index contributed by atoms with van der Waals surface area (Å²) in [5.41, 5.74) is 1.18. The molecule has 28 heavy (non-hydrogen) atoms. The summed E-state index contributed by atoms with van der Waals surface area (Å²) in [7, 11) is 1.34. The Bertz CT molecular complexity index is 957. The van der Waals surface area contributed by atoms with Gasteiger partial charge in [-0.3, -0.25) is 9.19 Å². The summed E-state index contributed by atoms with van der Waals surface area (Å²) in [5, 5.41) is 0.0702. The van der Waals surface area contributed by atoms with Crippen molar-refractivity contribution in [3.8, 4) is 17.2 Å². The summed E-state index contributed by atoms with van der Waals surface area (Å²) in [5.74, 6) is 0.821. The molecule has 0 aliphatic heterocycles. The van der Waals surface area contributed by atoms with Gasteiger partial charge in [0.15, 0.2) is 11.5 Å². The Labute approximate surface area is 177 Å². The third kappa shape index (κ3) is 5.28. The van der Waals surface area contributed by atoms with E-state index in [2.05, 4.69) is 19.7 Å². The molecule has 3 rings (SSSR count). The van der Waals surface area contributed by atoms with Crippen LogP contribution in [0.3, 0.4) is 0 Å². The van der Waals surface area contributed by atoms with Crippen LogP contribution in [0.25, 0.3) is 11.0 Å².